The molecule has 0 spiro atoms. The van der Waals surface area contributed by atoms with Gasteiger partial charge in [-0.15, -0.1) is 0 Å². The van der Waals surface area contributed by atoms with Crippen LogP contribution in [0.1, 0.15) is 20.3 Å². The van der Waals surface area contributed by atoms with E-state index >= 15 is 0 Å². The second kappa shape index (κ2) is 5.14. The lowest BCUT2D eigenvalue weighted by atomic mass is 9.87. The third-order valence-electron chi connectivity index (χ3n) is 4.08. The molecule has 3 nitrogen and oxygen atoms in total. The molecule has 1 heterocycles. The molecule has 0 aliphatic carbocycles. The topological polar surface area (TPSA) is 38.5 Å². The molecule has 0 aromatic heterocycles. The Labute approximate surface area is 108 Å². The van der Waals surface area contributed by atoms with E-state index in [2.05, 4.69) is 18.7 Å². The number of benzene rings is 1. The van der Waals surface area contributed by atoms with Crippen molar-refractivity contribution in [3.05, 3.63) is 24.0 Å². The van der Waals surface area contributed by atoms with Crippen molar-refractivity contribution in [3.8, 4) is 5.75 Å². The number of hydrogen-bond donors (Lipinski definition) is 1. The summed E-state index contributed by atoms with van der Waals surface area (Å²) in [5, 5.41) is 0. The Balaban J connectivity index is 2.31. The summed E-state index contributed by atoms with van der Waals surface area (Å²) in [6.07, 6.45) is 0.950. The van der Waals surface area contributed by atoms with Crippen molar-refractivity contribution in [2.75, 3.05) is 18.6 Å². The summed E-state index contributed by atoms with van der Waals surface area (Å²) in [7, 11) is 1.57. The number of rotatable bonds is 2. The normalized spacial score (nSPS) is 28.3. The second-order valence-corrected chi connectivity index (χ2v) is 5.06. The van der Waals surface area contributed by atoms with Crippen molar-refractivity contribution in [2.45, 2.75) is 32.4 Å². The molecule has 100 valence electrons. The number of nitrogens with zero attached hydrogens (tertiary/aromatic N) is 1. The Hall–Kier alpha value is -1.29. The third kappa shape index (κ3) is 2.29. The summed E-state index contributed by atoms with van der Waals surface area (Å²) in [5.41, 5.74) is 7.03. The number of halogens is 1. The van der Waals surface area contributed by atoms with Gasteiger partial charge in [-0.2, -0.15) is 0 Å². The van der Waals surface area contributed by atoms with Gasteiger partial charge in [0.25, 0.3) is 0 Å². The molecular formula is C14H21FN2O. The van der Waals surface area contributed by atoms with Crippen molar-refractivity contribution in [2.24, 2.45) is 11.7 Å². The maximum absolute atomic E-state index is 13.2. The zero-order chi connectivity index (χ0) is 13.3. The Kier molecular flexibility index (Phi) is 3.76. The van der Waals surface area contributed by atoms with E-state index in [1.807, 2.05) is 0 Å². The van der Waals surface area contributed by atoms with Crippen LogP contribution in [-0.4, -0.2) is 25.7 Å². The molecule has 4 heteroatoms. The van der Waals surface area contributed by atoms with E-state index in [-0.39, 0.29) is 11.9 Å². The highest BCUT2D eigenvalue weighted by Crippen LogP contribution is 2.34. The highest BCUT2D eigenvalue weighted by Gasteiger charge is 2.31. The van der Waals surface area contributed by atoms with Crippen LogP contribution in [0.2, 0.25) is 0 Å². The van der Waals surface area contributed by atoms with Crippen molar-refractivity contribution in [3.63, 3.8) is 0 Å². The first kappa shape index (κ1) is 13.1. The van der Waals surface area contributed by atoms with Gasteiger partial charge in [-0.25, -0.2) is 4.39 Å². The molecule has 1 aromatic carbocycles. The van der Waals surface area contributed by atoms with Crippen LogP contribution >= 0.6 is 0 Å². The fraction of sp³-hybridized carbons (Fsp3) is 0.571. The molecule has 0 amide bonds. The fourth-order valence-electron chi connectivity index (χ4n) is 2.62. The van der Waals surface area contributed by atoms with Crippen LogP contribution in [0.3, 0.4) is 0 Å². The molecule has 18 heavy (non-hydrogen) atoms. The fourth-order valence-corrected chi connectivity index (χ4v) is 2.62. The van der Waals surface area contributed by atoms with Gasteiger partial charge in [-0.3, -0.25) is 0 Å². The van der Waals surface area contributed by atoms with Gasteiger partial charge in [0.15, 0.2) is 0 Å². The molecule has 0 radical (unpaired) electrons. The van der Waals surface area contributed by atoms with Gasteiger partial charge in [0.2, 0.25) is 0 Å². The Morgan fingerprint density at radius 2 is 2.11 bits per heavy atom. The van der Waals surface area contributed by atoms with Crippen LogP contribution in [0.15, 0.2) is 18.2 Å². The molecule has 1 aliphatic heterocycles. The molecule has 1 aliphatic rings. The van der Waals surface area contributed by atoms with Crippen molar-refractivity contribution < 1.29 is 9.13 Å². The summed E-state index contributed by atoms with van der Waals surface area (Å²) in [4.78, 5) is 2.26. The number of methoxy groups -OCH3 is 1. The van der Waals surface area contributed by atoms with Gasteiger partial charge in [0, 0.05) is 24.7 Å². The Morgan fingerprint density at radius 1 is 1.39 bits per heavy atom. The lowest BCUT2D eigenvalue weighted by Gasteiger charge is -2.43. The first-order valence-corrected chi connectivity index (χ1v) is 6.40. The van der Waals surface area contributed by atoms with Crippen LogP contribution in [0, 0.1) is 11.7 Å². The Bertz CT molecular complexity index is 424. The molecular weight excluding hydrogens is 231 g/mol. The van der Waals surface area contributed by atoms with E-state index in [1.165, 1.54) is 12.1 Å². The monoisotopic (exact) mass is 252 g/mol. The minimum absolute atomic E-state index is 0.239. The van der Waals surface area contributed by atoms with Gasteiger partial charge in [0.1, 0.15) is 11.6 Å². The second-order valence-electron chi connectivity index (χ2n) is 5.06. The Morgan fingerprint density at radius 3 is 2.78 bits per heavy atom. The van der Waals surface area contributed by atoms with Crippen LogP contribution in [0.25, 0.3) is 0 Å². The largest absolute Gasteiger partial charge is 0.494 e. The lowest BCUT2D eigenvalue weighted by molar-refractivity contribution is 0.312. The average Bonchev–Trinajstić information content (AvgIpc) is 2.37. The molecule has 2 rings (SSSR count). The molecule has 2 N–H and O–H groups in total. The smallest absolute Gasteiger partial charge is 0.145 e. The molecule has 3 unspecified atom stereocenters. The number of hydrogen-bond acceptors (Lipinski definition) is 3. The van der Waals surface area contributed by atoms with Gasteiger partial charge in [-0.05, 0) is 31.4 Å². The number of anilines is 1. The van der Waals surface area contributed by atoms with Crippen LogP contribution in [-0.2, 0) is 0 Å². The van der Waals surface area contributed by atoms with Crippen LogP contribution < -0.4 is 15.4 Å². The standard InChI is InChI=1S/C14H21FN2O/c1-9-10(2)17(7-6-12(9)16)13-5-4-11(15)8-14(13)18-3/h4-5,8-10,12H,6-7,16H2,1-3H3. The summed E-state index contributed by atoms with van der Waals surface area (Å²) in [5.74, 6) is 0.725. The zero-order valence-electron chi connectivity index (χ0n) is 11.2. The van der Waals surface area contributed by atoms with E-state index in [4.69, 9.17) is 10.5 Å². The quantitative estimate of drug-likeness (QED) is 0.878. The van der Waals surface area contributed by atoms with Crippen molar-refractivity contribution >= 4 is 5.69 Å². The predicted molar refractivity (Wildman–Crippen MR) is 71.5 cm³/mol. The summed E-state index contributed by atoms with van der Waals surface area (Å²) >= 11 is 0. The molecule has 0 bridgehead atoms. The van der Waals surface area contributed by atoms with E-state index in [9.17, 15) is 4.39 Å². The zero-order valence-corrected chi connectivity index (χ0v) is 11.2. The maximum Gasteiger partial charge on any atom is 0.145 e. The number of piperidine rings is 1. The van der Waals surface area contributed by atoms with Crippen LogP contribution in [0.5, 0.6) is 5.75 Å². The molecule has 1 aromatic rings. The summed E-state index contributed by atoms with van der Waals surface area (Å²) in [6, 6.07) is 5.26. The number of ether oxygens (including phenoxy) is 1. The molecule has 1 fully saturated rings. The minimum atomic E-state index is -0.273. The number of nitrogens with two attached hydrogens (primary N) is 1. The molecule has 1 saturated heterocycles. The van der Waals surface area contributed by atoms with E-state index < -0.39 is 0 Å². The van der Waals surface area contributed by atoms with E-state index in [0.717, 1.165) is 18.7 Å². The summed E-state index contributed by atoms with van der Waals surface area (Å²) in [6.45, 7) is 5.21. The lowest BCUT2D eigenvalue weighted by Crippen LogP contribution is -2.52. The van der Waals surface area contributed by atoms with E-state index in [1.54, 1.807) is 13.2 Å². The highest BCUT2D eigenvalue weighted by molar-refractivity contribution is 5.59. The average molecular weight is 252 g/mol. The third-order valence-corrected chi connectivity index (χ3v) is 4.08. The van der Waals surface area contributed by atoms with Gasteiger partial charge < -0.3 is 15.4 Å². The SMILES string of the molecule is COc1cc(F)ccc1N1CCC(N)C(C)C1C. The maximum atomic E-state index is 13.2. The highest BCUT2D eigenvalue weighted by atomic mass is 19.1. The van der Waals surface area contributed by atoms with Gasteiger partial charge >= 0.3 is 0 Å². The van der Waals surface area contributed by atoms with E-state index in [0.29, 0.717) is 17.7 Å². The molecule has 3 atom stereocenters. The van der Waals surface area contributed by atoms with Gasteiger partial charge in [0.05, 0.1) is 12.8 Å². The molecule has 0 saturated carbocycles. The van der Waals surface area contributed by atoms with Crippen LogP contribution in [0.4, 0.5) is 10.1 Å². The van der Waals surface area contributed by atoms with Crippen molar-refractivity contribution in [1.29, 1.82) is 0 Å². The van der Waals surface area contributed by atoms with Gasteiger partial charge in [-0.1, -0.05) is 6.92 Å². The van der Waals surface area contributed by atoms with Crippen molar-refractivity contribution in [1.82, 2.24) is 0 Å². The first-order chi connectivity index (χ1) is 8.54. The minimum Gasteiger partial charge on any atom is -0.494 e. The predicted octanol–water partition coefficient (Wildman–Crippen LogP) is 2.40. The summed E-state index contributed by atoms with van der Waals surface area (Å²) < 4.78 is 18.5. The first-order valence-electron chi connectivity index (χ1n) is 6.40.